The first kappa shape index (κ1) is 17.8. The minimum absolute atomic E-state index is 0.0986. The number of nitro groups is 1. The number of nitro benzene ring substituents is 1. The molecule has 21 heavy (non-hydrogen) atoms. The molecule has 0 heterocycles. The summed E-state index contributed by atoms with van der Waals surface area (Å²) in [5.41, 5.74) is -0.432. The summed E-state index contributed by atoms with van der Waals surface area (Å²) in [6.07, 6.45) is 0. The van der Waals surface area contributed by atoms with Crippen LogP contribution >= 0.6 is 11.6 Å². The van der Waals surface area contributed by atoms with Crippen molar-refractivity contribution in [2.24, 2.45) is 0 Å². The van der Waals surface area contributed by atoms with Gasteiger partial charge in [0, 0.05) is 25.2 Å². The van der Waals surface area contributed by atoms with Crippen molar-refractivity contribution in [3.8, 4) is 0 Å². The predicted molar refractivity (Wildman–Crippen MR) is 81.1 cm³/mol. The molecule has 0 saturated carbocycles. The average molecular weight is 336 g/mol. The first-order chi connectivity index (χ1) is 9.65. The molecule has 0 unspecified atom stereocenters. The lowest BCUT2D eigenvalue weighted by Gasteiger charge is -2.20. The van der Waals surface area contributed by atoms with E-state index in [-0.39, 0.29) is 16.5 Å². The van der Waals surface area contributed by atoms with Crippen LogP contribution in [0.3, 0.4) is 0 Å². The summed E-state index contributed by atoms with van der Waals surface area (Å²) in [6, 6.07) is 3.70. The Labute approximate surface area is 129 Å². The smallest absolute Gasteiger partial charge is 0.289 e. The maximum Gasteiger partial charge on any atom is 0.289 e. The van der Waals surface area contributed by atoms with E-state index < -0.39 is 20.6 Å². The highest BCUT2D eigenvalue weighted by atomic mass is 35.5. The van der Waals surface area contributed by atoms with E-state index >= 15 is 0 Å². The summed E-state index contributed by atoms with van der Waals surface area (Å²) in [7, 11) is -1.91. The molecule has 0 radical (unpaired) electrons. The molecule has 118 valence electrons. The fourth-order valence-electron chi connectivity index (χ4n) is 1.50. The first-order valence-electron chi connectivity index (χ1n) is 6.29. The molecule has 0 bridgehead atoms. The molecule has 1 aromatic rings. The number of nitrogens with zero attached hydrogens (tertiary/aromatic N) is 2. The third-order valence-corrected chi connectivity index (χ3v) is 4.84. The number of likely N-dealkylation sites (N-methyl/N-ethyl adjacent to an activating group) is 1. The van der Waals surface area contributed by atoms with Crippen LogP contribution < -0.4 is 4.72 Å². The van der Waals surface area contributed by atoms with Crippen LogP contribution in [0.25, 0.3) is 0 Å². The third-order valence-electron chi connectivity index (χ3n) is 3.06. The first-order valence-corrected chi connectivity index (χ1v) is 8.15. The summed E-state index contributed by atoms with van der Waals surface area (Å²) in [4.78, 5) is 11.9. The van der Waals surface area contributed by atoms with E-state index in [1.165, 1.54) is 12.1 Å². The van der Waals surface area contributed by atoms with E-state index in [4.69, 9.17) is 11.6 Å². The van der Waals surface area contributed by atoms with Gasteiger partial charge < -0.3 is 4.90 Å². The van der Waals surface area contributed by atoms with Crippen LogP contribution in [0, 0.1) is 10.1 Å². The lowest BCUT2D eigenvalue weighted by atomic mass is 10.3. The van der Waals surface area contributed by atoms with Gasteiger partial charge in [0.25, 0.3) is 5.69 Å². The van der Waals surface area contributed by atoms with Crippen molar-refractivity contribution in [3.05, 3.63) is 33.3 Å². The summed E-state index contributed by atoms with van der Waals surface area (Å²) in [6.45, 7) is 4.74. The Morgan fingerprint density at radius 3 is 2.57 bits per heavy atom. The third kappa shape index (κ3) is 4.92. The van der Waals surface area contributed by atoms with Gasteiger partial charge in [-0.15, -0.1) is 0 Å². The van der Waals surface area contributed by atoms with E-state index in [1.807, 2.05) is 25.8 Å². The molecule has 0 fully saturated rings. The van der Waals surface area contributed by atoms with Crippen molar-refractivity contribution in [3.63, 3.8) is 0 Å². The Kier molecular flexibility index (Phi) is 6.09. The number of hydrogen-bond acceptors (Lipinski definition) is 5. The second kappa shape index (κ2) is 7.17. The zero-order valence-electron chi connectivity index (χ0n) is 12.0. The largest absolute Gasteiger partial charge is 0.303 e. The monoisotopic (exact) mass is 335 g/mol. The highest BCUT2D eigenvalue weighted by Gasteiger charge is 2.20. The Hall–Kier alpha value is -1.22. The SMILES string of the molecule is CC(C)N(C)CCNS(=O)(=O)c1ccc(Cl)c([N+](=O)[O-])c1. The summed E-state index contributed by atoms with van der Waals surface area (Å²) >= 11 is 5.66. The van der Waals surface area contributed by atoms with Gasteiger partial charge in [0.1, 0.15) is 5.02 Å². The molecule has 1 rings (SSSR count). The van der Waals surface area contributed by atoms with Gasteiger partial charge >= 0.3 is 0 Å². The maximum atomic E-state index is 12.1. The van der Waals surface area contributed by atoms with Crippen molar-refractivity contribution >= 4 is 27.3 Å². The lowest BCUT2D eigenvalue weighted by molar-refractivity contribution is -0.384. The molecule has 0 aliphatic heterocycles. The van der Waals surface area contributed by atoms with Crippen molar-refractivity contribution in [1.29, 1.82) is 0 Å². The Morgan fingerprint density at radius 2 is 2.05 bits per heavy atom. The highest BCUT2D eigenvalue weighted by Crippen LogP contribution is 2.26. The molecule has 0 saturated heterocycles. The molecule has 1 aromatic carbocycles. The minimum Gasteiger partial charge on any atom is -0.303 e. The molecular weight excluding hydrogens is 318 g/mol. The standard InChI is InChI=1S/C12H18ClN3O4S/c1-9(2)15(3)7-6-14-21(19,20)10-4-5-11(13)12(8-10)16(17)18/h4-5,8-9,14H,6-7H2,1-3H3. The van der Waals surface area contributed by atoms with E-state index in [2.05, 4.69) is 4.72 Å². The topological polar surface area (TPSA) is 92.6 Å². The molecule has 0 atom stereocenters. The van der Waals surface area contributed by atoms with Crippen molar-refractivity contribution < 1.29 is 13.3 Å². The number of halogens is 1. The van der Waals surface area contributed by atoms with Crippen LogP contribution in [0.5, 0.6) is 0 Å². The van der Waals surface area contributed by atoms with Crippen LogP contribution in [-0.2, 0) is 10.0 Å². The predicted octanol–water partition coefficient (Wildman–Crippen LogP) is 1.87. The number of hydrogen-bond donors (Lipinski definition) is 1. The Balaban J connectivity index is 2.84. The van der Waals surface area contributed by atoms with E-state index in [9.17, 15) is 18.5 Å². The molecule has 9 heteroatoms. The van der Waals surface area contributed by atoms with Gasteiger partial charge in [0.15, 0.2) is 0 Å². The number of nitrogens with one attached hydrogen (secondary N) is 1. The van der Waals surface area contributed by atoms with Gasteiger partial charge in [-0.1, -0.05) is 11.6 Å². The molecule has 0 aliphatic carbocycles. The second-order valence-electron chi connectivity index (χ2n) is 4.84. The van der Waals surface area contributed by atoms with Crippen molar-refractivity contribution in [1.82, 2.24) is 9.62 Å². The Bertz CT molecular complexity index is 619. The summed E-state index contributed by atoms with van der Waals surface area (Å²) in [5, 5.41) is 10.7. The van der Waals surface area contributed by atoms with Crippen molar-refractivity contribution in [2.75, 3.05) is 20.1 Å². The average Bonchev–Trinajstić information content (AvgIpc) is 2.38. The molecule has 0 aromatic heterocycles. The number of rotatable bonds is 7. The van der Waals surface area contributed by atoms with Gasteiger partial charge in [0.2, 0.25) is 10.0 Å². The molecule has 7 nitrogen and oxygen atoms in total. The maximum absolute atomic E-state index is 12.1. The van der Waals surface area contributed by atoms with E-state index in [1.54, 1.807) is 0 Å². The lowest BCUT2D eigenvalue weighted by Crippen LogP contribution is -2.36. The number of sulfonamides is 1. The van der Waals surface area contributed by atoms with Gasteiger partial charge in [-0.05, 0) is 33.0 Å². The Morgan fingerprint density at radius 1 is 1.43 bits per heavy atom. The highest BCUT2D eigenvalue weighted by molar-refractivity contribution is 7.89. The fraction of sp³-hybridized carbons (Fsp3) is 0.500. The van der Waals surface area contributed by atoms with Crippen LogP contribution in [0.2, 0.25) is 5.02 Å². The number of benzene rings is 1. The van der Waals surface area contributed by atoms with Gasteiger partial charge in [-0.2, -0.15) is 0 Å². The molecule has 0 amide bonds. The molecular formula is C12H18ClN3O4S. The zero-order valence-corrected chi connectivity index (χ0v) is 13.6. The molecule has 1 N–H and O–H groups in total. The van der Waals surface area contributed by atoms with Gasteiger partial charge in [0.05, 0.1) is 9.82 Å². The van der Waals surface area contributed by atoms with Crippen LogP contribution in [0.1, 0.15) is 13.8 Å². The van der Waals surface area contributed by atoms with Crippen LogP contribution in [-0.4, -0.2) is 44.4 Å². The quantitative estimate of drug-likeness (QED) is 0.606. The molecule has 0 spiro atoms. The zero-order chi connectivity index (χ0) is 16.2. The van der Waals surface area contributed by atoms with Crippen molar-refractivity contribution in [2.45, 2.75) is 24.8 Å². The van der Waals surface area contributed by atoms with Gasteiger partial charge in [-0.3, -0.25) is 10.1 Å². The minimum atomic E-state index is -3.79. The fourth-order valence-corrected chi connectivity index (χ4v) is 2.72. The normalized spacial score (nSPS) is 12.1. The summed E-state index contributed by atoms with van der Waals surface area (Å²) < 4.78 is 26.6. The van der Waals surface area contributed by atoms with Crippen LogP contribution in [0.15, 0.2) is 23.1 Å². The van der Waals surface area contributed by atoms with E-state index in [0.29, 0.717) is 12.6 Å². The second-order valence-corrected chi connectivity index (χ2v) is 7.02. The van der Waals surface area contributed by atoms with Crippen LogP contribution in [0.4, 0.5) is 5.69 Å². The molecule has 0 aliphatic rings. The van der Waals surface area contributed by atoms with E-state index in [0.717, 1.165) is 6.07 Å². The van der Waals surface area contributed by atoms with Gasteiger partial charge in [-0.25, -0.2) is 13.1 Å². The summed E-state index contributed by atoms with van der Waals surface area (Å²) in [5.74, 6) is 0.